The van der Waals surface area contributed by atoms with Crippen molar-refractivity contribution in [3.8, 4) is 5.75 Å². The molecule has 33 heavy (non-hydrogen) atoms. The van der Waals surface area contributed by atoms with Crippen LogP contribution in [0.3, 0.4) is 0 Å². The molecule has 0 bridgehead atoms. The van der Waals surface area contributed by atoms with Crippen molar-refractivity contribution in [2.45, 2.75) is 13.0 Å². The van der Waals surface area contributed by atoms with Gasteiger partial charge in [0, 0.05) is 41.7 Å². The molecule has 0 unspecified atom stereocenters. The maximum absolute atomic E-state index is 14.0. The van der Waals surface area contributed by atoms with Crippen LogP contribution in [0.25, 0.3) is 0 Å². The van der Waals surface area contributed by atoms with E-state index in [2.05, 4.69) is 5.32 Å². The molecule has 1 saturated heterocycles. The van der Waals surface area contributed by atoms with Gasteiger partial charge in [0.15, 0.2) is 0 Å². The summed E-state index contributed by atoms with van der Waals surface area (Å²) < 4.78 is 32.3. The van der Waals surface area contributed by atoms with E-state index in [0.29, 0.717) is 42.2 Å². The van der Waals surface area contributed by atoms with Crippen molar-refractivity contribution in [3.63, 3.8) is 0 Å². The van der Waals surface area contributed by atoms with Crippen LogP contribution in [0, 0.1) is 11.6 Å². The van der Waals surface area contributed by atoms with E-state index >= 15 is 0 Å². The second-order valence-electron chi connectivity index (χ2n) is 7.67. The first-order valence-corrected chi connectivity index (χ1v) is 10.5. The first-order chi connectivity index (χ1) is 15.9. The highest BCUT2D eigenvalue weighted by atomic mass is 19.1. The smallest absolute Gasteiger partial charge is 0.324 e. The maximum Gasteiger partial charge on any atom is 0.324 e. The number of halogens is 2. The average Bonchev–Trinajstić information content (AvgIpc) is 2.82. The Morgan fingerprint density at radius 1 is 1.00 bits per heavy atom. The van der Waals surface area contributed by atoms with Gasteiger partial charge in [-0.1, -0.05) is 6.07 Å². The van der Waals surface area contributed by atoms with Crippen LogP contribution < -0.4 is 15.0 Å². The van der Waals surface area contributed by atoms with E-state index in [-0.39, 0.29) is 24.0 Å². The van der Waals surface area contributed by atoms with E-state index in [9.17, 15) is 18.4 Å². The fraction of sp³-hybridized carbons (Fsp3) is 0.200. The predicted molar refractivity (Wildman–Crippen MR) is 122 cm³/mol. The lowest BCUT2D eigenvalue weighted by molar-refractivity contribution is 0.102. The van der Waals surface area contributed by atoms with Gasteiger partial charge in [0.25, 0.3) is 5.91 Å². The second-order valence-corrected chi connectivity index (χ2v) is 7.67. The number of rotatable bonds is 6. The molecule has 3 aromatic rings. The summed E-state index contributed by atoms with van der Waals surface area (Å²) >= 11 is 0. The number of nitrogens with one attached hydrogen (secondary N) is 1. The fourth-order valence-corrected chi connectivity index (χ4v) is 3.69. The van der Waals surface area contributed by atoms with Gasteiger partial charge in [-0.15, -0.1) is 0 Å². The molecule has 1 heterocycles. The molecule has 0 aliphatic carbocycles. The van der Waals surface area contributed by atoms with Crippen LogP contribution in [-0.4, -0.2) is 37.0 Å². The Morgan fingerprint density at radius 2 is 1.73 bits per heavy atom. The van der Waals surface area contributed by atoms with Crippen LogP contribution in [0.4, 0.5) is 25.0 Å². The van der Waals surface area contributed by atoms with E-state index in [1.807, 2.05) is 0 Å². The standard InChI is InChI=1S/C25H23F2N3O3/c1-33-22-11-4-17(5-12-22)24(31)28-20-7-9-21(10-8-20)30-14-2-13-29(25(30)32)16-18-3-6-19(26)15-23(18)27/h3-12,15H,2,13-14,16H2,1H3,(H,28,31). The lowest BCUT2D eigenvalue weighted by Crippen LogP contribution is -2.49. The average molecular weight is 451 g/mol. The largest absolute Gasteiger partial charge is 0.497 e. The van der Waals surface area contributed by atoms with Crippen LogP contribution in [0.2, 0.25) is 0 Å². The van der Waals surface area contributed by atoms with Gasteiger partial charge in [0.2, 0.25) is 0 Å². The highest BCUT2D eigenvalue weighted by Crippen LogP contribution is 2.24. The summed E-state index contributed by atoms with van der Waals surface area (Å²) in [5.41, 5.74) is 2.03. The molecule has 8 heteroatoms. The molecule has 170 valence electrons. The highest BCUT2D eigenvalue weighted by molar-refractivity contribution is 6.04. The van der Waals surface area contributed by atoms with Gasteiger partial charge in [0.1, 0.15) is 17.4 Å². The summed E-state index contributed by atoms with van der Waals surface area (Å²) in [6.45, 7) is 1.08. The van der Waals surface area contributed by atoms with Crippen molar-refractivity contribution in [2.24, 2.45) is 0 Å². The summed E-state index contributed by atoms with van der Waals surface area (Å²) in [4.78, 5) is 28.6. The van der Waals surface area contributed by atoms with Gasteiger partial charge < -0.3 is 15.0 Å². The van der Waals surface area contributed by atoms with E-state index in [1.165, 1.54) is 12.1 Å². The van der Waals surface area contributed by atoms with Gasteiger partial charge in [-0.3, -0.25) is 9.69 Å². The number of carbonyl (C=O) groups is 2. The quantitative estimate of drug-likeness (QED) is 0.570. The SMILES string of the molecule is COc1ccc(C(=O)Nc2ccc(N3CCCN(Cc4ccc(F)cc4F)C3=O)cc2)cc1. The number of urea groups is 1. The number of benzene rings is 3. The molecular weight excluding hydrogens is 428 g/mol. The van der Waals surface area contributed by atoms with Crippen LogP contribution in [0.1, 0.15) is 22.3 Å². The van der Waals surface area contributed by atoms with E-state index in [0.717, 1.165) is 6.07 Å². The molecule has 1 fully saturated rings. The molecule has 1 N–H and O–H groups in total. The molecule has 1 aliphatic heterocycles. The van der Waals surface area contributed by atoms with Gasteiger partial charge in [-0.2, -0.15) is 0 Å². The fourth-order valence-electron chi connectivity index (χ4n) is 3.69. The zero-order valence-corrected chi connectivity index (χ0v) is 18.1. The summed E-state index contributed by atoms with van der Waals surface area (Å²) in [6.07, 6.45) is 0.713. The summed E-state index contributed by atoms with van der Waals surface area (Å²) in [5, 5.41) is 2.82. The monoisotopic (exact) mass is 451 g/mol. The van der Waals surface area contributed by atoms with Crippen LogP contribution >= 0.6 is 0 Å². The van der Waals surface area contributed by atoms with Crippen LogP contribution in [-0.2, 0) is 6.54 Å². The van der Waals surface area contributed by atoms with Crippen molar-refractivity contribution >= 4 is 23.3 Å². The number of nitrogens with zero attached hydrogens (tertiary/aromatic N) is 2. The third-order valence-corrected chi connectivity index (χ3v) is 5.48. The molecule has 4 rings (SSSR count). The van der Waals surface area contributed by atoms with Gasteiger partial charge in [-0.25, -0.2) is 13.6 Å². The Bertz CT molecular complexity index is 1150. The van der Waals surface area contributed by atoms with Crippen LogP contribution in [0.15, 0.2) is 66.7 Å². The zero-order chi connectivity index (χ0) is 23.4. The van der Waals surface area contributed by atoms with E-state index in [4.69, 9.17) is 4.74 Å². The Kier molecular flexibility index (Phi) is 6.53. The summed E-state index contributed by atoms with van der Waals surface area (Å²) in [5.74, 6) is -0.913. The predicted octanol–water partition coefficient (Wildman–Crippen LogP) is 5.06. The molecule has 6 nitrogen and oxygen atoms in total. The first kappa shape index (κ1) is 22.3. The highest BCUT2D eigenvalue weighted by Gasteiger charge is 2.27. The topological polar surface area (TPSA) is 61.9 Å². The number of ether oxygens (including phenoxy) is 1. The Labute approximate surface area is 190 Å². The summed E-state index contributed by atoms with van der Waals surface area (Å²) in [6, 6.07) is 16.8. The van der Waals surface area contributed by atoms with Crippen molar-refractivity contribution in [1.29, 1.82) is 0 Å². The number of hydrogen-bond donors (Lipinski definition) is 1. The zero-order valence-electron chi connectivity index (χ0n) is 18.1. The Morgan fingerprint density at radius 3 is 2.39 bits per heavy atom. The van der Waals surface area contributed by atoms with Crippen molar-refractivity contribution < 1.29 is 23.1 Å². The third-order valence-electron chi connectivity index (χ3n) is 5.48. The molecular formula is C25H23F2N3O3. The first-order valence-electron chi connectivity index (χ1n) is 10.5. The van der Waals surface area contributed by atoms with Crippen molar-refractivity contribution in [3.05, 3.63) is 89.5 Å². The molecule has 3 amide bonds. The van der Waals surface area contributed by atoms with E-state index < -0.39 is 11.6 Å². The van der Waals surface area contributed by atoms with Gasteiger partial charge in [-0.05, 0) is 61.0 Å². The number of methoxy groups -OCH3 is 1. The number of amides is 3. The van der Waals surface area contributed by atoms with E-state index in [1.54, 1.807) is 65.4 Å². The second kappa shape index (κ2) is 9.68. The van der Waals surface area contributed by atoms with Crippen molar-refractivity contribution in [2.75, 3.05) is 30.4 Å². The maximum atomic E-state index is 14.0. The molecule has 0 atom stereocenters. The third kappa shape index (κ3) is 5.11. The molecule has 3 aromatic carbocycles. The normalized spacial score (nSPS) is 13.7. The Balaban J connectivity index is 1.42. The lowest BCUT2D eigenvalue weighted by atomic mass is 10.1. The summed E-state index contributed by atoms with van der Waals surface area (Å²) in [7, 11) is 1.56. The number of anilines is 2. The van der Waals surface area contributed by atoms with Crippen LogP contribution in [0.5, 0.6) is 5.75 Å². The van der Waals surface area contributed by atoms with Gasteiger partial charge >= 0.3 is 6.03 Å². The van der Waals surface area contributed by atoms with Crippen molar-refractivity contribution in [1.82, 2.24) is 4.90 Å². The lowest BCUT2D eigenvalue weighted by Gasteiger charge is -2.35. The minimum Gasteiger partial charge on any atom is -0.497 e. The molecule has 1 aliphatic rings. The molecule has 0 aromatic heterocycles. The number of hydrogen-bond acceptors (Lipinski definition) is 3. The molecule has 0 radical (unpaired) electrons. The minimum absolute atomic E-state index is 0.0669. The number of carbonyl (C=O) groups excluding carboxylic acids is 2. The molecule has 0 saturated carbocycles. The van der Waals surface area contributed by atoms with Gasteiger partial charge in [0.05, 0.1) is 13.7 Å². The Hall–Kier alpha value is -3.94. The minimum atomic E-state index is -0.670. The molecule has 0 spiro atoms.